The van der Waals surface area contributed by atoms with Crippen LogP contribution in [-0.4, -0.2) is 34.2 Å². The number of carbonyl (C=O) groups excluding carboxylic acids is 2. The molecule has 0 aromatic carbocycles. The summed E-state index contributed by atoms with van der Waals surface area (Å²) in [6, 6.07) is 0.321. The monoisotopic (exact) mass is 320 g/mol. The van der Waals surface area contributed by atoms with Crippen LogP contribution in [0.3, 0.4) is 0 Å². The largest absolute Gasteiger partial charge is 0.353 e. The summed E-state index contributed by atoms with van der Waals surface area (Å²) in [4.78, 5) is 24.1. The molecule has 1 aliphatic carbocycles. The molecule has 2 amide bonds. The van der Waals surface area contributed by atoms with Crippen molar-refractivity contribution in [3.8, 4) is 0 Å². The molecule has 6 heteroatoms. The third kappa shape index (κ3) is 5.37. The maximum atomic E-state index is 12.2. The van der Waals surface area contributed by atoms with E-state index in [1.54, 1.807) is 10.9 Å². The van der Waals surface area contributed by atoms with Gasteiger partial charge in [-0.05, 0) is 26.2 Å². The molecule has 6 nitrogen and oxygen atoms in total. The molecule has 2 N–H and O–H groups in total. The predicted octanol–water partition coefficient (Wildman–Crippen LogP) is 2.17. The van der Waals surface area contributed by atoms with E-state index in [-0.39, 0.29) is 11.8 Å². The van der Waals surface area contributed by atoms with Crippen LogP contribution in [0.5, 0.6) is 0 Å². The SMILES string of the molecule is CCCn1cc(C(=O)NCCC(=O)NC2CCCCC2)c(C)n1. The summed E-state index contributed by atoms with van der Waals surface area (Å²) in [6.45, 7) is 5.06. The van der Waals surface area contributed by atoms with Crippen LogP contribution >= 0.6 is 0 Å². The molecule has 128 valence electrons. The number of nitrogens with one attached hydrogen (secondary N) is 2. The first-order chi connectivity index (χ1) is 11.1. The zero-order valence-corrected chi connectivity index (χ0v) is 14.2. The van der Waals surface area contributed by atoms with Crippen LogP contribution in [0.25, 0.3) is 0 Å². The molecule has 0 aliphatic heterocycles. The summed E-state index contributed by atoms with van der Waals surface area (Å²) in [7, 11) is 0. The first-order valence-corrected chi connectivity index (χ1v) is 8.71. The maximum absolute atomic E-state index is 12.2. The summed E-state index contributed by atoms with van der Waals surface area (Å²) in [5.41, 5.74) is 1.31. The van der Waals surface area contributed by atoms with Crippen molar-refractivity contribution in [2.75, 3.05) is 6.54 Å². The number of aryl methyl sites for hydroxylation is 2. The van der Waals surface area contributed by atoms with Gasteiger partial charge in [0.2, 0.25) is 5.91 Å². The number of nitrogens with zero attached hydrogens (tertiary/aromatic N) is 2. The molecule has 1 saturated carbocycles. The van der Waals surface area contributed by atoms with Gasteiger partial charge in [-0.15, -0.1) is 0 Å². The molecule has 0 spiro atoms. The minimum absolute atomic E-state index is 0.0237. The highest BCUT2D eigenvalue weighted by Gasteiger charge is 2.16. The Morgan fingerprint density at radius 2 is 2.04 bits per heavy atom. The lowest BCUT2D eigenvalue weighted by Gasteiger charge is -2.22. The lowest BCUT2D eigenvalue weighted by atomic mass is 9.95. The quantitative estimate of drug-likeness (QED) is 0.808. The number of hydrogen-bond acceptors (Lipinski definition) is 3. The van der Waals surface area contributed by atoms with Crippen molar-refractivity contribution in [1.29, 1.82) is 0 Å². The van der Waals surface area contributed by atoms with Crippen molar-refractivity contribution in [2.24, 2.45) is 0 Å². The second-order valence-electron chi connectivity index (χ2n) is 6.30. The Bertz CT molecular complexity index is 533. The van der Waals surface area contributed by atoms with Crippen LogP contribution in [0.2, 0.25) is 0 Å². The van der Waals surface area contributed by atoms with Crippen LogP contribution in [0, 0.1) is 6.92 Å². The molecule has 1 aliphatic rings. The molecular formula is C17H28N4O2. The summed E-state index contributed by atoms with van der Waals surface area (Å²) < 4.78 is 1.79. The second-order valence-corrected chi connectivity index (χ2v) is 6.30. The predicted molar refractivity (Wildman–Crippen MR) is 89.2 cm³/mol. The van der Waals surface area contributed by atoms with Gasteiger partial charge in [0.1, 0.15) is 0 Å². The molecule has 2 rings (SSSR count). The molecule has 1 aromatic rings. The van der Waals surface area contributed by atoms with Crippen molar-refractivity contribution >= 4 is 11.8 Å². The number of aromatic nitrogens is 2. The Morgan fingerprint density at radius 1 is 1.30 bits per heavy atom. The highest BCUT2D eigenvalue weighted by atomic mass is 16.2. The molecule has 0 unspecified atom stereocenters. The Hall–Kier alpha value is -1.85. The van der Waals surface area contributed by atoms with E-state index in [1.807, 2.05) is 6.92 Å². The molecule has 0 atom stereocenters. The third-order valence-electron chi connectivity index (χ3n) is 4.25. The van der Waals surface area contributed by atoms with Crippen LogP contribution in [0.4, 0.5) is 0 Å². The Morgan fingerprint density at radius 3 is 2.74 bits per heavy atom. The summed E-state index contributed by atoms with van der Waals surface area (Å²) >= 11 is 0. The lowest BCUT2D eigenvalue weighted by molar-refractivity contribution is -0.121. The van der Waals surface area contributed by atoms with E-state index in [2.05, 4.69) is 22.7 Å². The van der Waals surface area contributed by atoms with E-state index in [4.69, 9.17) is 0 Å². The van der Waals surface area contributed by atoms with Gasteiger partial charge < -0.3 is 10.6 Å². The van der Waals surface area contributed by atoms with Gasteiger partial charge in [-0.1, -0.05) is 26.2 Å². The first kappa shape index (κ1) is 17.5. The highest BCUT2D eigenvalue weighted by Crippen LogP contribution is 2.17. The van der Waals surface area contributed by atoms with Gasteiger partial charge >= 0.3 is 0 Å². The van der Waals surface area contributed by atoms with Crippen LogP contribution < -0.4 is 10.6 Å². The van der Waals surface area contributed by atoms with Crippen molar-refractivity contribution in [3.05, 3.63) is 17.5 Å². The molecule has 1 fully saturated rings. The Balaban J connectivity index is 1.72. The molecule has 0 radical (unpaired) electrons. The Labute approximate surface area is 138 Å². The first-order valence-electron chi connectivity index (χ1n) is 8.71. The fourth-order valence-corrected chi connectivity index (χ4v) is 3.02. The molecule has 0 saturated heterocycles. The maximum Gasteiger partial charge on any atom is 0.254 e. The lowest BCUT2D eigenvalue weighted by Crippen LogP contribution is -2.38. The molecule has 0 bridgehead atoms. The molecule has 1 aromatic heterocycles. The molecular weight excluding hydrogens is 292 g/mol. The average molecular weight is 320 g/mol. The number of carbonyl (C=O) groups is 2. The third-order valence-corrected chi connectivity index (χ3v) is 4.25. The second kappa shape index (κ2) is 8.70. The van der Waals surface area contributed by atoms with Crippen molar-refractivity contribution in [3.63, 3.8) is 0 Å². The van der Waals surface area contributed by atoms with Gasteiger partial charge in [0.05, 0.1) is 11.3 Å². The topological polar surface area (TPSA) is 76.0 Å². The van der Waals surface area contributed by atoms with E-state index in [9.17, 15) is 9.59 Å². The van der Waals surface area contributed by atoms with Crippen molar-refractivity contribution in [1.82, 2.24) is 20.4 Å². The van der Waals surface area contributed by atoms with Crippen LogP contribution in [0.15, 0.2) is 6.20 Å². The number of rotatable bonds is 7. The number of amides is 2. The van der Waals surface area contributed by atoms with Crippen molar-refractivity contribution < 1.29 is 9.59 Å². The van der Waals surface area contributed by atoms with Gasteiger partial charge in [0.25, 0.3) is 5.91 Å². The van der Waals surface area contributed by atoms with Gasteiger partial charge in [-0.3, -0.25) is 14.3 Å². The summed E-state index contributed by atoms with van der Waals surface area (Å²) in [5, 5.41) is 10.2. The minimum atomic E-state index is -0.157. The molecule has 23 heavy (non-hydrogen) atoms. The van der Waals surface area contributed by atoms with E-state index in [0.717, 1.165) is 31.5 Å². The van der Waals surface area contributed by atoms with Crippen molar-refractivity contribution in [2.45, 2.75) is 71.4 Å². The normalized spacial score (nSPS) is 15.4. The van der Waals surface area contributed by atoms with Crippen LogP contribution in [-0.2, 0) is 11.3 Å². The van der Waals surface area contributed by atoms with Gasteiger partial charge in [0, 0.05) is 31.7 Å². The van der Waals surface area contributed by atoms with Gasteiger partial charge in [-0.25, -0.2) is 0 Å². The van der Waals surface area contributed by atoms with Gasteiger partial charge in [0.15, 0.2) is 0 Å². The smallest absolute Gasteiger partial charge is 0.254 e. The standard InChI is InChI=1S/C17H28N4O2/c1-3-11-21-12-15(13(2)20-21)17(23)18-10-9-16(22)19-14-7-5-4-6-8-14/h12,14H,3-11H2,1-2H3,(H,18,23)(H,19,22). The van der Waals surface area contributed by atoms with E-state index >= 15 is 0 Å². The fraction of sp³-hybridized carbons (Fsp3) is 0.706. The average Bonchev–Trinajstić information content (AvgIpc) is 2.89. The van der Waals surface area contributed by atoms with Crippen LogP contribution in [0.1, 0.15) is 67.9 Å². The zero-order chi connectivity index (χ0) is 16.7. The Kier molecular flexibility index (Phi) is 6.62. The highest BCUT2D eigenvalue weighted by molar-refractivity contribution is 5.95. The van der Waals surface area contributed by atoms with Gasteiger partial charge in [-0.2, -0.15) is 5.10 Å². The fourth-order valence-electron chi connectivity index (χ4n) is 3.02. The van der Waals surface area contributed by atoms with E-state index in [1.165, 1.54) is 19.3 Å². The van der Waals surface area contributed by atoms with E-state index in [0.29, 0.717) is 24.6 Å². The zero-order valence-electron chi connectivity index (χ0n) is 14.2. The van der Waals surface area contributed by atoms with E-state index < -0.39 is 0 Å². The summed E-state index contributed by atoms with van der Waals surface area (Å²) in [6.07, 6.45) is 8.89. The summed E-state index contributed by atoms with van der Waals surface area (Å²) in [5.74, 6) is -0.133. The minimum Gasteiger partial charge on any atom is -0.353 e. The number of hydrogen-bond donors (Lipinski definition) is 2. The molecule has 1 heterocycles.